The molecule has 106 valence electrons. The third-order valence-corrected chi connectivity index (χ3v) is 2.10. The van der Waals surface area contributed by atoms with Crippen LogP contribution in [0, 0.1) is 5.92 Å². The van der Waals surface area contributed by atoms with Gasteiger partial charge < -0.3 is 19.8 Å². The molecule has 7 heteroatoms. The number of esters is 1. The first-order valence-corrected chi connectivity index (χ1v) is 6.16. The molecule has 0 aliphatic rings. The number of nitrogens with zero attached hydrogens (tertiary/aromatic N) is 1. The van der Waals surface area contributed by atoms with Crippen LogP contribution >= 0.6 is 0 Å². The number of nitrogens with one attached hydrogen (secondary N) is 2. The normalized spacial score (nSPS) is 10.3. The molecule has 1 aromatic rings. The summed E-state index contributed by atoms with van der Waals surface area (Å²) in [5.74, 6) is -0.325. The lowest BCUT2D eigenvalue weighted by Gasteiger charge is -2.07. The highest BCUT2D eigenvalue weighted by Gasteiger charge is 2.13. The first-order valence-electron chi connectivity index (χ1n) is 6.16. The number of ether oxygens (including phenoxy) is 1. The minimum atomic E-state index is -0.552. The van der Waals surface area contributed by atoms with Crippen molar-refractivity contribution in [1.29, 1.82) is 0 Å². The second-order valence-electron chi connectivity index (χ2n) is 4.31. The second kappa shape index (κ2) is 7.40. The summed E-state index contributed by atoms with van der Waals surface area (Å²) in [4.78, 5) is 26.6. The maximum atomic E-state index is 11.4. The predicted octanol–water partition coefficient (Wildman–Crippen LogP) is 1.04. The summed E-state index contributed by atoms with van der Waals surface area (Å²) in [6, 6.07) is 0.114. The van der Waals surface area contributed by atoms with Gasteiger partial charge in [0.1, 0.15) is 6.26 Å². The Morgan fingerprint density at radius 3 is 2.84 bits per heavy atom. The summed E-state index contributed by atoms with van der Waals surface area (Å²) in [5, 5.41) is 5.43. The van der Waals surface area contributed by atoms with E-state index in [2.05, 4.69) is 15.6 Å². The monoisotopic (exact) mass is 269 g/mol. The fourth-order valence-corrected chi connectivity index (χ4v) is 1.19. The van der Waals surface area contributed by atoms with Crippen molar-refractivity contribution in [2.45, 2.75) is 20.8 Å². The van der Waals surface area contributed by atoms with E-state index in [1.165, 1.54) is 6.26 Å². The lowest BCUT2D eigenvalue weighted by Crippen LogP contribution is -2.32. The Labute approximate surface area is 111 Å². The van der Waals surface area contributed by atoms with Crippen LogP contribution in [0.25, 0.3) is 0 Å². The van der Waals surface area contributed by atoms with Crippen molar-refractivity contribution in [1.82, 2.24) is 10.3 Å². The summed E-state index contributed by atoms with van der Waals surface area (Å²) in [6.07, 6.45) is 1.19. The third kappa shape index (κ3) is 5.41. The molecule has 0 radical (unpaired) electrons. The molecule has 0 aliphatic carbocycles. The molecular formula is C12H19N3O4. The number of carbonyl (C=O) groups is 2. The zero-order valence-electron chi connectivity index (χ0n) is 11.4. The van der Waals surface area contributed by atoms with Gasteiger partial charge in [-0.05, 0) is 12.8 Å². The molecular weight excluding hydrogens is 250 g/mol. The van der Waals surface area contributed by atoms with Crippen LogP contribution in [0.5, 0.6) is 0 Å². The minimum absolute atomic E-state index is 0.0372. The smallest absolute Gasteiger partial charge is 0.360 e. The largest absolute Gasteiger partial charge is 0.461 e. The molecule has 0 saturated carbocycles. The Bertz CT molecular complexity index is 428. The van der Waals surface area contributed by atoms with Crippen molar-refractivity contribution < 1.29 is 18.7 Å². The highest BCUT2D eigenvalue weighted by molar-refractivity contribution is 5.87. The van der Waals surface area contributed by atoms with Gasteiger partial charge in [-0.25, -0.2) is 4.79 Å². The van der Waals surface area contributed by atoms with Crippen molar-refractivity contribution in [3.8, 4) is 0 Å². The Morgan fingerprint density at radius 1 is 1.47 bits per heavy atom. The SMILES string of the molecule is CCOC(=O)c1coc(NCC(=O)NCC(C)C)n1. The van der Waals surface area contributed by atoms with Gasteiger partial charge in [-0.1, -0.05) is 13.8 Å². The molecule has 0 aromatic carbocycles. The van der Waals surface area contributed by atoms with Gasteiger partial charge in [0.25, 0.3) is 6.01 Å². The molecule has 0 atom stereocenters. The topological polar surface area (TPSA) is 93.5 Å². The molecule has 0 bridgehead atoms. The van der Waals surface area contributed by atoms with Crippen LogP contribution in [0.2, 0.25) is 0 Å². The number of hydrogen-bond donors (Lipinski definition) is 2. The van der Waals surface area contributed by atoms with Crippen LogP contribution in [0.3, 0.4) is 0 Å². The molecule has 1 aromatic heterocycles. The average Bonchev–Trinajstić information content (AvgIpc) is 2.83. The number of hydrogen-bond acceptors (Lipinski definition) is 6. The molecule has 2 N–H and O–H groups in total. The predicted molar refractivity (Wildman–Crippen MR) is 68.8 cm³/mol. The molecule has 19 heavy (non-hydrogen) atoms. The van der Waals surface area contributed by atoms with Gasteiger partial charge in [0.15, 0.2) is 5.69 Å². The maximum Gasteiger partial charge on any atom is 0.360 e. The number of rotatable bonds is 7. The molecule has 7 nitrogen and oxygen atoms in total. The standard InChI is InChI=1S/C12H19N3O4/c1-4-18-11(17)9-7-19-12(15-9)14-6-10(16)13-5-8(2)3/h7-8H,4-6H2,1-3H3,(H,13,16)(H,14,15). The molecule has 0 spiro atoms. The molecule has 0 fully saturated rings. The Balaban J connectivity index is 2.37. The fourth-order valence-electron chi connectivity index (χ4n) is 1.19. The van der Waals surface area contributed by atoms with E-state index in [0.29, 0.717) is 12.5 Å². The van der Waals surface area contributed by atoms with E-state index in [-0.39, 0.29) is 30.8 Å². The van der Waals surface area contributed by atoms with Crippen molar-refractivity contribution in [2.75, 3.05) is 25.0 Å². The van der Waals surface area contributed by atoms with Gasteiger partial charge >= 0.3 is 5.97 Å². The van der Waals surface area contributed by atoms with Gasteiger partial charge in [0.2, 0.25) is 5.91 Å². The lowest BCUT2D eigenvalue weighted by atomic mass is 10.2. The molecule has 0 aliphatic heterocycles. The Hall–Kier alpha value is -2.05. The fraction of sp³-hybridized carbons (Fsp3) is 0.583. The summed E-state index contributed by atoms with van der Waals surface area (Å²) in [6.45, 7) is 6.64. The Morgan fingerprint density at radius 2 is 2.21 bits per heavy atom. The van der Waals surface area contributed by atoms with E-state index in [1.54, 1.807) is 6.92 Å². The highest BCUT2D eigenvalue weighted by atomic mass is 16.5. The number of carbonyl (C=O) groups excluding carboxylic acids is 2. The molecule has 1 rings (SSSR count). The Kier molecular flexibility index (Phi) is 5.84. The summed E-state index contributed by atoms with van der Waals surface area (Å²) >= 11 is 0. The minimum Gasteiger partial charge on any atom is -0.461 e. The number of aromatic nitrogens is 1. The van der Waals surface area contributed by atoms with E-state index in [4.69, 9.17) is 9.15 Å². The van der Waals surface area contributed by atoms with Gasteiger partial charge in [0.05, 0.1) is 13.2 Å². The van der Waals surface area contributed by atoms with Crippen molar-refractivity contribution in [2.24, 2.45) is 5.92 Å². The maximum absolute atomic E-state index is 11.4. The van der Waals surface area contributed by atoms with E-state index in [0.717, 1.165) is 0 Å². The van der Waals surface area contributed by atoms with Crippen molar-refractivity contribution >= 4 is 17.9 Å². The van der Waals surface area contributed by atoms with E-state index >= 15 is 0 Å². The van der Waals surface area contributed by atoms with Gasteiger partial charge in [-0.15, -0.1) is 0 Å². The van der Waals surface area contributed by atoms with Crippen LogP contribution in [0.15, 0.2) is 10.7 Å². The summed E-state index contributed by atoms with van der Waals surface area (Å²) in [7, 11) is 0. The van der Waals surface area contributed by atoms with E-state index in [1.807, 2.05) is 13.8 Å². The van der Waals surface area contributed by atoms with Crippen LogP contribution in [-0.4, -0.2) is 36.6 Å². The van der Waals surface area contributed by atoms with E-state index < -0.39 is 5.97 Å². The average molecular weight is 269 g/mol. The van der Waals surface area contributed by atoms with Gasteiger partial charge in [-0.2, -0.15) is 4.98 Å². The van der Waals surface area contributed by atoms with E-state index in [9.17, 15) is 9.59 Å². The van der Waals surface area contributed by atoms with Crippen molar-refractivity contribution in [3.63, 3.8) is 0 Å². The lowest BCUT2D eigenvalue weighted by molar-refractivity contribution is -0.119. The van der Waals surface area contributed by atoms with Crippen molar-refractivity contribution in [3.05, 3.63) is 12.0 Å². The van der Waals surface area contributed by atoms with Gasteiger partial charge in [-0.3, -0.25) is 4.79 Å². The number of anilines is 1. The van der Waals surface area contributed by atoms with Gasteiger partial charge in [0, 0.05) is 6.54 Å². The third-order valence-electron chi connectivity index (χ3n) is 2.10. The highest BCUT2D eigenvalue weighted by Crippen LogP contribution is 2.08. The molecule has 0 saturated heterocycles. The first-order chi connectivity index (χ1) is 9.02. The number of oxazole rings is 1. The van der Waals surface area contributed by atoms with Crippen LogP contribution in [0.4, 0.5) is 6.01 Å². The van der Waals surface area contributed by atoms with Crippen LogP contribution < -0.4 is 10.6 Å². The molecule has 0 unspecified atom stereocenters. The molecule has 1 heterocycles. The zero-order chi connectivity index (χ0) is 14.3. The van der Waals surface area contributed by atoms with Crippen LogP contribution in [-0.2, 0) is 9.53 Å². The first kappa shape index (κ1) is 15.0. The molecule has 1 amide bonds. The quantitative estimate of drug-likeness (QED) is 0.718. The second-order valence-corrected chi connectivity index (χ2v) is 4.31. The summed E-state index contributed by atoms with van der Waals surface area (Å²) in [5.41, 5.74) is 0.0759. The van der Waals surface area contributed by atoms with Crippen LogP contribution in [0.1, 0.15) is 31.3 Å². The zero-order valence-corrected chi connectivity index (χ0v) is 11.4. The number of amides is 1. The summed E-state index contributed by atoms with van der Waals surface area (Å²) < 4.78 is 9.77.